The van der Waals surface area contributed by atoms with Crippen LogP contribution in [0.2, 0.25) is 0 Å². The van der Waals surface area contributed by atoms with E-state index in [-0.39, 0.29) is 0 Å². The minimum absolute atomic E-state index is 0.337. The Labute approximate surface area is 94.0 Å². The predicted octanol–water partition coefficient (Wildman–Crippen LogP) is 1.10. The van der Waals surface area contributed by atoms with E-state index in [1.165, 1.54) is 0 Å². The largest absolute Gasteiger partial charge is 0.324 e. The third kappa shape index (κ3) is 2.14. The van der Waals surface area contributed by atoms with Crippen LogP contribution in [0.3, 0.4) is 0 Å². The Kier molecular flexibility index (Phi) is 3.07. The summed E-state index contributed by atoms with van der Waals surface area (Å²) in [5.41, 5.74) is 5.50. The molecule has 0 spiro atoms. The van der Waals surface area contributed by atoms with Crippen molar-refractivity contribution in [1.82, 2.24) is 15.0 Å². The zero-order chi connectivity index (χ0) is 11.4. The highest BCUT2D eigenvalue weighted by atomic mass is 15.2. The summed E-state index contributed by atoms with van der Waals surface area (Å²) in [6.07, 6.45) is 3.45. The highest BCUT2D eigenvalue weighted by molar-refractivity contribution is 5.53. The van der Waals surface area contributed by atoms with Gasteiger partial charge < -0.3 is 10.6 Å². The van der Waals surface area contributed by atoms with Gasteiger partial charge in [0.15, 0.2) is 0 Å². The van der Waals surface area contributed by atoms with Crippen molar-refractivity contribution in [2.24, 2.45) is 5.73 Å². The molecule has 0 amide bonds. The number of pyridine rings is 1. The zero-order valence-electron chi connectivity index (χ0n) is 9.04. The number of nitrogens with two attached hydrogens (primary N) is 1. The van der Waals surface area contributed by atoms with Crippen LogP contribution in [-0.2, 0) is 6.54 Å². The molecule has 0 aliphatic carbocycles. The normalized spacial score (nSPS) is 10.1. The second-order valence-corrected chi connectivity index (χ2v) is 3.28. The summed E-state index contributed by atoms with van der Waals surface area (Å²) in [6.45, 7) is 0.337. The number of aromatic nitrogens is 3. The molecule has 2 aromatic rings. The van der Waals surface area contributed by atoms with E-state index in [2.05, 4.69) is 15.0 Å². The Balaban J connectivity index is 2.30. The lowest BCUT2D eigenvalue weighted by Crippen LogP contribution is -2.14. The van der Waals surface area contributed by atoms with E-state index < -0.39 is 0 Å². The van der Waals surface area contributed by atoms with Gasteiger partial charge in [-0.25, -0.2) is 15.0 Å². The maximum absolute atomic E-state index is 5.50. The average molecular weight is 215 g/mol. The zero-order valence-corrected chi connectivity index (χ0v) is 9.04. The first-order valence-corrected chi connectivity index (χ1v) is 4.98. The molecule has 16 heavy (non-hydrogen) atoms. The number of nitrogens with zero attached hydrogens (tertiary/aromatic N) is 4. The molecule has 0 aromatic carbocycles. The van der Waals surface area contributed by atoms with E-state index >= 15 is 0 Å². The van der Waals surface area contributed by atoms with Crippen molar-refractivity contribution in [1.29, 1.82) is 0 Å². The molecule has 0 fully saturated rings. The molecule has 2 aromatic heterocycles. The van der Waals surface area contributed by atoms with E-state index in [0.29, 0.717) is 12.4 Å². The molecule has 0 aliphatic rings. The Morgan fingerprint density at radius 2 is 2.00 bits per heavy atom. The lowest BCUT2D eigenvalue weighted by molar-refractivity contribution is 0.896. The van der Waals surface area contributed by atoms with Crippen molar-refractivity contribution in [2.45, 2.75) is 6.54 Å². The van der Waals surface area contributed by atoms with Crippen molar-refractivity contribution in [3.05, 3.63) is 42.5 Å². The van der Waals surface area contributed by atoms with Gasteiger partial charge in [-0.1, -0.05) is 6.07 Å². The van der Waals surface area contributed by atoms with Crippen LogP contribution in [0.1, 0.15) is 5.82 Å². The Morgan fingerprint density at radius 3 is 2.69 bits per heavy atom. The highest BCUT2D eigenvalue weighted by Gasteiger charge is 2.06. The quantitative estimate of drug-likeness (QED) is 0.830. The standard InChI is InChI=1S/C11H13N5/c1-16(10-4-2-3-6-14-10)11-5-7-13-9(8-12)15-11/h2-7H,8,12H2,1H3. The van der Waals surface area contributed by atoms with Gasteiger partial charge in [-0.15, -0.1) is 0 Å². The molecule has 0 saturated carbocycles. The fraction of sp³-hybridized carbons (Fsp3) is 0.182. The number of hydrogen-bond donors (Lipinski definition) is 1. The molecule has 82 valence electrons. The first-order chi connectivity index (χ1) is 7.81. The Bertz CT molecular complexity index is 457. The average Bonchev–Trinajstić information content (AvgIpc) is 2.39. The SMILES string of the molecule is CN(c1ccccn1)c1ccnc(CN)n1. The summed E-state index contributed by atoms with van der Waals surface area (Å²) in [6, 6.07) is 7.56. The summed E-state index contributed by atoms with van der Waals surface area (Å²) in [5.74, 6) is 2.25. The predicted molar refractivity (Wildman–Crippen MR) is 62.2 cm³/mol. The van der Waals surface area contributed by atoms with Crippen LogP contribution in [0.5, 0.6) is 0 Å². The Hall–Kier alpha value is -2.01. The molecular formula is C11H13N5. The first kappa shape index (κ1) is 10.5. The highest BCUT2D eigenvalue weighted by Crippen LogP contribution is 2.17. The molecule has 0 saturated heterocycles. The van der Waals surface area contributed by atoms with E-state index in [9.17, 15) is 0 Å². The van der Waals surface area contributed by atoms with Crippen molar-refractivity contribution in [2.75, 3.05) is 11.9 Å². The molecule has 2 N–H and O–H groups in total. The van der Waals surface area contributed by atoms with Crippen molar-refractivity contribution in [3.8, 4) is 0 Å². The molecule has 0 aliphatic heterocycles. The molecule has 5 nitrogen and oxygen atoms in total. The van der Waals surface area contributed by atoms with Gasteiger partial charge in [0.05, 0.1) is 6.54 Å². The van der Waals surface area contributed by atoms with Gasteiger partial charge in [0, 0.05) is 19.4 Å². The van der Waals surface area contributed by atoms with Gasteiger partial charge in [-0.3, -0.25) is 0 Å². The number of anilines is 2. The fourth-order valence-electron chi connectivity index (χ4n) is 1.34. The first-order valence-electron chi connectivity index (χ1n) is 4.98. The van der Waals surface area contributed by atoms with Gasteiger partial charge >= 0.3 is 0 Å². The van der Waals surface area contributed by atoms with Crippen molar-refractivity contribution >= 4 is 11.6 Å². The summed E-state index contributed by atoms with van der Waals surface area (Å²) < 4.78 is 0. The molecule has 2 rings (SSSR count). The fourth-order valence-corrected chi connectivity index (χ4v) is 1.34. The molecule has 0 radical (unpaired) electrons. The summed E-state index contributed by atoms with van der Waals surface area (Å²) >= 11 is 0. The lowest BCUT2D eigenvalue weighted by atomic mass is 10.4. The monoisotopic (exact) mass is 215 g/mol. The molecule has 2 heterocycles. The summed E-state index contributed by atoms with van der Waals surface area (Å²) in [4.78, 5) is 14.5. The second-order valence-electron chi connectivity index (χ2n) is 3.28. The number of rotatable bonds is 3. The molecule has 0 bridgehead atoms. The van der Waals surface area contributed by atoms with Gasteiger partial charge in [0.25, 0.3) is 0 Å². The molecular weight excluding hydrogens is 202 g/mol. The maximum Gasteiger partial charge on any atom is 0.144 e. The lowest BCUT2D eigenvalue weighted by Gasteiger charge is -2.16. The molecule has 5 heteroatoms. The van der Waals surface area contributed by atoms with Crippen LogP contribution >= 0.6 is 0 Å². The molecule has 0 atom stereocenters. The van der Waals surface area contributed by atoms with E-state index in [4.69, 9.17) is 5.73 Å². The van der Waals surface area contributed by atoms with Crippen LogP contribution in [-0.4, -0.2) is 22.0 Å². The topological polar surface area (TPSA) is 67.9 Å². The van der Waals surface area contributed by atoms with Crippen LogP contribution in [0.4, 0.5) is 11.6 Å². The van der Waals surface area contributed by atoms with Crippen LogP contribution < -0.4 is 10.6 Å². The third-order valence-electron chi connectivity index (χ3n) is 2.21. The van der Waals surface area contributed by atoms with Gasteiger partial charge in [0.1, 0.15) is 17.5 Å². The van der Waals surface area contributed by atoms with Crippen molar-refractivity contribution in [3.63, 3.8) is 0 Å². The molecule has 0 unspecified atom stereocenters. The maximum atomic E-state index is 5.50. The van der Waals surface area contributed by atoms with Crippen LogP contribution in [0, 0.1) is 0 Å². The van der Waals surface area contributed by atoms with Gasteiger partial charge in [-0.05, 0) is 18.2 Å². The Morgan fingerprint density at radius 1 is 1.12 bits per heavy atom. The van der Waals surface area contributed by atoms with Gasteiger partial charge in [0.2, 0.25) is 0 Å². The second kappa shape index (κ2) is 4.67. The third-order valence-corrected chi connectivity index (χ3v) is 2.21. The summed E-state index contributed by atoms with van der Waals surface area (Å²) in [5, 5.41) is 0. The smallest absolute Gasteiger partial charge is 0.144 e. The van der Waals surface area contributed by atoms with E-state index in [0.717, 1.165) is 11.6 Å². The number of hydrogen-bond acceptors (Lipinski definition) is 5. The van der Waals surface area contributed by atoms with Crippen molar-refractivity contribution < 1.29 is 0 Å². The van der Waals surface area contributed by atoms with Crippen LogP contribution in [0.15, 0.2) is 36.7 Å². The minimum Gasteiger partial charge on any atom is -0.324 e. The van der Waals surface area contributed by atoms with Crippen LogP contribution in [0.25, 0.3) is 0 Å². The minimum atomic E-state index is 0.337. The summed E-state index contributed by atoms with van der Waals surface area (Å²) in [7, 11) is 1.91. The van der Waals surface area contributed by atoms with E-state index in [1.54, 1.807) is 12.4 Å². The van der Waals surface area contributed by atoms with Gasteiger partial charge in [-0.2, -0.15) is 0 Å². The van der Waals surface area contributed by atoms with E-state index in [1.807, 2.05) is 36.2 Å².